The van der Waals surface area contributed by atoms with Crippen molar-refractivity contribution in [1.29, 1.82) is 0 Å². The minimum Gasteiger partial charge on any atom is -0.508 e. The Kier molecular flexibility index (Phi) is 9.22. The average Bonchev–Trinajstić information content (AvgIpc) is 3.07. The fraction of sp³-hybridized carbons (Fsp3) is 0.415. The lowest BCUT2D eigenvalue weighted by molar-refractivity contribution is 0.410. The smallest absolute Gasteiger partial charge is 0.119 e. The minimum absolute atomic E-state index is 0.171. The van der Waals surface area contributed by atoms with Gasteiger partial charge < -0.3 is 10.2 Å². The second-order valence-corrected chi connectivity index (χ2v) is 13.3. The van der Waals surface area contributed by atoms with Gasteiger partial charge in [-0.3, -0.25) is 0 Å². The zero-order chi connectivity index (χ0) is 29.8. The highest BCUT2D eigenvalue weighted by Gasteiger charge is 2.30. The third kappa shape index (κ3) is 6.26. The highest BCUT2D eigenvalue weighted by Crippen LogP contribution is 2.47. The van der Waals surface area contributed by atoms with Crippen molar-refractivity contribution in [3.8, 4) is 11.5 Å². The Morgan fingerprint density at radius 1 is 0.512 bits per heavy atom. The zero-order valence-electron chi connectivity index (χ0n) is 26.1. The summed E-state index contributed by atoms with van der Waals surface area (Å²) in [5, 5.41) is 22.9. The molecule has 2 aliphatic rings. The van der Waals surface area contributed by atoms with Gasteiger partial charge in [0.1, 0.15) is 11.5 Å². The van der Waals surface area contributed by atoms with Crippen LogP contribution in [0.2, 0.25) is 0 Å². The standard InChI is InChI=1S/C41H48O2/c1-28(30-15-7-3-8-16-30)38-34(23-25-36(42)40(38)32-19-11-5-12-20-32)27-35-24-26-37(43)41(33-21-13-6-14-22-33)39(35)29(2)31-17-9-4-10-18-31/h3-4,7-10,15-18,23-26,28-29,32-33,42-43H,5-6,11-14,19-22,27H2,1-2H3. The Morgan fingerprint density at radius 3 is 1.26 bits per heavy atom. The lowest BCUT2D eigenvalue weighted by Crippen LogP contribution is -2.15. The molecule has 2 heteroatoms. The summed E-state index contributed by atoms with van der Waals surface area (Å²) in [6.45, 7) is 4.63. The second kappa shape index (κ2) is 13.4. The summed E-state index contributed by atoms with van der Waals surface area (Å²) in [4.78, 5) is 0. The van der Waals surface area contributed by atoms with Crippen molar-refractivity contribution in [3.63, 3.8) is 0 Å². The molecule has 2 nitrogen and oxygen atoms in total. The van der Waals surface area contributed by atoms with Gasteiger partial charge in [0.25, 0.3) is 0 Å². The topological polar surface area (TPSA) is 40.5 Å². The molecule has 224 valence electrons. The molecule has 0 radical (unpaired) electrons. The normalized spacial score (nSPS) is 17.9. The molecule has 0 spiro atoms. The van der Waals surface area contributed by atoms with E-state index in [0.29, 0.717) is 23.3 Å². The van der Waals surface area contributed by atoms with Crippen LogP contribution in [0.4, 0.5) is 0 Å². The Bertz CT molecular complexity index is 1380. The summed E-state index contributed by atoms with van der Waals surface area (Å²) in [5.74, 6) is 2.06. The molecule has 2 saturated carbocycles. The number of benzene rings is 4. The molecule has 2 N–H and O–H groups in total. The van der Waals surface area contributed by atoms with Crippen LogP contribution in [-0.4, -0.2) is 10.2 Å². The highest BCUT2D eigenvalue weighted by atomic mass is 16.3. The van der Waals surface area contributed by atoms with E-state index in [1.807, 2.05) is 12.1 Å². The SMILES string of the molecule is CC(c1ccccc1)c1c(Cc2ccc(O)c(C3CCCCC3)c2C(C)c2ccccc2)ccc(O)c1C1CCCCC1. The van der Waals surface area contributed by atoms with Crippen LogP contribution in [0, 0.1) is 0 Å². The first kappa shape index (κ1) is 29.5. The monoisotopic (exact) mass is 572 g/mol. The summed E-state index contributed by atoms with van der Waals surface area (Å²) < 4.78 is 0. The van der Waals surface area contributed by atoms with E-state index in [1.54, 1.807) is 0 Å². The predicted molar refractivity (Wildman–Crippen MR) is 179 cm³/mol. The third-order valence-electron chi connectivity index (χ3n) is 10.6. The van der Waals surface area contributed by atoms with Crippen LogP contribution in [0.1, 0.15) is 146 Å². The molecule has 0 amide bonds. The van der Waals surface area contributed by atoms with Gasteiger partial charge in [-0.05, 0) is 89.5 Å². The molecule has 6 rings (SSSR count). The molecule has 0 aliphatic heterocycles. The van der Waals surface area contributed by atoms with Gasteiger partial charge in [0.15, 0.2) is 0 Å². The molecule has 43 heavy (non-hydrogen) atoms. The maximum absolute atomic E-state index is 11.4. The molecule has 0 heterocycles. The Labute approximate surface area is 258 Å². The largest absolute Gasteiger partial charge is 0.508 e. The number of rotatable bonds is 8. The van der Waals surface area contributed by atoms with Crippen LogP contribution < -0.4 is 0 Å². The van der Waals surface area contributed by atoms with Crippen LogP contribution in [0.3, 0.4) is 0 Å². The van der Waals surface area contributed by atoms with Crippen molar-refractivity contribution in [2.75, 3.05) is 0 Å². The third-order valence-corrected chi connectivity index (χ3v) is 10.6. The zero-order valence-corrected chi connectivity index (χ0v) is 26.1. The molecule has 2 unspecified atom stereocenters. The van der Waals surface area contributed by atoms with Crippen LogP contribution in [0.5, 0.6) is 11.5 Å². The van der Waals surface area contributed by atoms with Gasteiger partial charge in [-0.15, -0.1) is 0 Å². The molecule has 2 fully saturated rings. The van der Waals surface area contributed by atoms with Crippen molar-refractivity contribution in [2.24, 2.45) is 0 Å². The van der Waals surface area contributed by atoms with E-state index in [4.69, 9.17) is 0 Å². The maximum atomic E-state index is 11.4. The number of phenolic OH excluding ortho intramolecular Hbond substituents is 2. The molecule has 2 atom stereocenters. The van der Waals surface area contributed by atoms with Crippen LogP contribution in [-0.2, 0) is 6.42 Å². The minimum atomic E-state index is 0.171. The van der Waals surface area contributed by atoms with E-state index in [9.17, 15) is 10.2 Å². The van der Waals surface area contributed by atoms with E-state index in [2.05, 4.69) is 86.6 Å². The first-order valence-electron chi connectivity index (χ1n) is 16.8. The lowest BCUT2D eigenvalue weighted by atomic mass is 9.73. The number of aromatic hydroxyl groups is 2. The van der Waals surface area contributed by atoms with Crippen molar-refractivity contribution in [3.05, 3.63) is 129 Å². The molecular weight excluding hydrogens is 524 g/mol. The number of hydrogen-bond acceptors (Lipinski definition) is 2. The van der Waals surface area contributed by atoms with Gasteiger partial charge in [0, 0.05) is 23.0 Å². The van der Waals surface area contributed by atoms with Gasteiger partial charge in [0.05, 0.1) is 0 Å². The van der Waals surface area contributed by atoms with Gasteiger partial charge >= 0.3 is 0 Å². The van der Waals surface area contributed by atoms with Crippen molar-refractivity contribution in [1.82, 2.24) is 0 Å². The van der Waals surface area contributed by atoms with Gasteiger partial charge in [0.2, 0.25) is 0 Å². The van der Waals surface area contributed by atoms with Crippen LogP contribution in [0.15, 0.2) is 84.9 Å². The maximum Gasteiger partial charge on any atom is 0.119 e. The molecule has 4 aromatic rings. The lowest BCUT2D eigenvalue weighted by Gasteiger charge is -2.31. The summed E-state index contributed by atoms with van der Waals surface area (Å²) in [6.07, 6.45) is 12.9. The quantitative estimate of drug-likeness (QED) is 0.220. The number of hydrogen-bond donors (Lipinski definition) is 2. The summed E-state index contributed by atoms with van der Waals surface area (Å²) in [7, 11) is 0. The van der Waals surface area contributed by atoms with Crippen molar-refractivity contribution >= 4 is 0 Å². The van der Waals surface area contributed by atoms with Crippen molar-refractivity contribution < 1.29 is 10.2 Å². The van der Waals surface area contributed by atoms with Crippen LogP contribution in [0.25, 0.3) is 0 Å². The molecular formula is C41H48O2. The van der Waals surface area contributed by atoms with E-state index >= 15 is 0 Å². The van der Waals surface area contributed by atoms with E-state index in [-0.39, 0.29) is 11.8 Å². The Hall–Kier alpha value is -3.52. The van der Waals surface area contributed by atoms with Crippen LogP contribution >= 0.6 is 0 Å². The second-order valence-electron chi connectivity index (χ2n) is 13.3. The predicted octanol–water partition coefficient (Wildman–Crippen LogP) is 11.1. The average molecular weight is 573 g/mol. The molecule has 2 aliphatic carbocycles. The fourth-order valence-corrected chi connectivity index (χ4v) is 8.33. The van der Waals surface area contributed by atoms with Crippen molar-refractivity contribution in [2.45, 2.75) is 108 Å². The fourth-order valence-electron chi connectivity index (χ4n) is 8.33. The Balaban J connectivity index is 1.52. The van der Waals surface area contributed by atoms with Gasteiger partial charge in [-0.25, -0.2) is 0 Å². The van der Waals surface area contributed by atoms with Gasteiger partial charge in [-0.1, -0.05) is 125 Å². The number of phenols is 2. The van der Waals surface area contributed by atoms with Gasteiger partial charge in [-0.2, -0.15) is 0 Å². The summed E-state index contributed by atoms with van der Waals surface area (Å²) in [6, 6.07) is 29.9. The summed E-state index contributed by atoms with van der Waals surface area (Å²) >= 11 is 0. The van der Waals surface area contributed by atoms with E-state index < -0.39 is 0 Å². The first-order valence-corrected chi connectivity index (χ1v) is 16.8. The highest BCUT2D eigenvalue weighted by molar-refractivity contribution is 5.56. The Morgan fingerprint density at radius 2 is 0.884 bits per heavy atom. The molecule has 0 saturated heterocycles. The summed E-state index contributed by atoms with van der Waals surface area (Å²) in [5.41, 5.74) is 10.2. The molecule has 4 aromatic carbocycles. The first-order chi connectivity index (χ1) is 21.0. The molecule has 0 aromatic heterocycles. The van der Waals surface area contributed by atoms with E-state index in [0.717, 1.165) is 32.1 Å². The van der Waals surface area contributed by atoms with E-state index in [1.165, 1.54) is 83.0 Å². The molecule has 0 bridgehead atoms.